The lowest BCUT2D eigenvalue weighted by molar-refractivity contribution is 0.263. The SMILES string of the molecule is CCCCSCC1CSC(=S)O1. The Morgan fingerprint density at radius 1 is 1.75 bits per heavy atom. The minimum absolute atomic E-state index is 0.379. The van der Waals surface area contributed by atoms with Gasteiger partial charge in [0, 0.05) is 11.5 Å². The van der Waals surface area contributed by atoms with Gasteiger partial charge in [-0.3, -0.25) is 0 Å². The van der Waals surface area contributed by atoms with Gasteiger partial charge in [-0.2, -0.15) is 11.8 Å². The smallest absolute Gasteiger partial charge is 0.220 e. The minimum atomic E-state index is 0.379. The van der Waals surface area contributed by atoms with Crippen molar-refractivity contribution in [3.05, 3.63) is 0 Å². The Bertz CT molecular complexity index is 149. The van der Waals surface area contributed by atoms with E-state index >= 15 is 0 Å². The number of rotatable bonds is 5. The first-order chi connectivity index (χ1) is 5.83. The molecular weight excluding hydrogens is 208 g/mol. The number of thioether (sulfide) groups is 2. The van der Waals surface area contributed by atoms with Crippen molar-refractivity contribution in [1.29, 1.82) is 0 Å². The Balaban J connectivity index is 1.97. The Kier molecular flexibility index (Phi) is 5.43. The second-order valence-electron chi connectivity index (χ2n) is 2.73. The number of ether oxygens (including phenoxy) is 1. The molecule has 1 fully saturated rings. The molecule has 1 aliphatic heterocycles. The van der Waals surface area contributed by atoms with Gasteiger partial charge in [-0.25, -0.2) is 0 Å². The molecule has 1 aliphatic rings. The Morgan fingerprint density at radius 3 is 3.17 bits per heavy atom. The van der Waals surface area contributed by atoms with Crippen LogP contribution in [0.25, 0.3) is 0 Å². The molecule has 0 N–H and O–H groups in total. The molecule has 0 amide bonds. The maximum Gasteiger partial charge on any atom is 0.220 e. The molecule has 12 heavy (non-hydrogen) atoms. The zero-order chi connectivity index (χ0) is 8.81. The molecule has 0 aromatic heterocycles. The molecule has 1 heterocycles. The summed E-state index contributed by atoms with van der Waals surface area (Å²) in [7, 11) is 0. The van der Waals surface area contributed by atoms with E-state index in [0.717, 1.165) is 15.9 Å². The van der Waals surface area contributed by atoms with Crippen LogP contribution < -0.4 is 0 Å². The van der Waals surface area contributed by atoms with E-state index in [4.69, 9.17) is 17.0 Å². The van der Waals surface area contributed by atoms with E-state index in [1.807, 2.05) is 11.8 Å². The van der Waals surface area contributed by atoms with E-state index in [1.165, 1.54) is 18.6 Å². The van der Waals surface area contributed by atoms with Gasteiger partial charge in [-0.1, -0.05) is 25.1 Å². The Morgan fingerprint density at radius 2 is 2.58 bits per heavy atom. The largest absolute Gasteiger partial charge is 0.473 e. The van der Waals surface area contributed by atoms with E-state index < -0.39 is 0 Å². The van der Waals surface area contributed by atoms with Gasteiger partial charge in [0.15, 0.2) is 0 Å². The number of hydrogen-bond acceptors (Lipinski definition) is 4. The summed E-state index contributed by atoms with van der Waals surface area (Å²) >= 11 is 8.57. The normalized spacial score (nSPS) is 22.8. The van der Waals surface area contributed by atoms with Crippen LogP contribution in [-0.2, 0) is 4.74 Å². The second-order valence-corrected chi connectivity index (χ2v) is 5.50. The fourth-order valence-corrected chi connectivity index (χ4v) is 3.22. The molecule has 1 nitrogen and oxygen atoms in total. The monoisotopic (exact) mass is 222 g/mol. The highest BCUT2D eigenvalue weighted by Gasteiger charge is 2.20. The van der Waals surface area contributed by atoms with Crippen LogP contribution in [0.15, 0.2) is 0 Å². The van der Waals surface area contributed by atoms with Crippen LogP contribution >= 0.6 is 35.7 Å². The molecule has 0 aromatic carbocycles. The van der Waals surface area contributed by atoms with Gasteiger partial charge in [-0.15, -0.1) is 0 Å². The molecule has 0 spiro atoms. The van der Waals surface area contributed by atoms with Crippen molar-refractivity contribution in [3.8, 4) is 0 Å². The summed E-state index contributed by atoms with van der Waals surface area (Å²) in [6.45, 7) is 2.22. The first-order valence-corrected chi connectivity index (χ1v) is 6.79. The average Bonchev–Trinajstić information content (AvgIpc) is 2.45. The summed E-state index contributed by atoms with van der Waals surface area (Å²) in [6.07, 6.45) is 2.98. The van der Waals surface area contributed by atoms with Crippen molar-refractivity contribution < 1.29 is 4.74 Å². The Hall–Kier alpha value is 0.590. The minimum Gasteiger partial charge on any atom is -0.473 e. The molecule has 1 rings (SSSR count). The molecular formula is C8H14OS3. The quantitative estimate of drug-likeness (QED) is 0.522. The second kappa shape index (κ2) is 6.11. The van der Waals surface area contributed by atoms with Crippen molar-refractivity contribution in [2.45, 2.75) is 25.9 Å². The average molecular weight is 222 g/mol. The van der Waals surface area contributed by atoms with Crippen LogP contribution in [-0.4, -0.2) is 27.7 Å². The summed E-state index contributed by atoms with van der Waals surface area (Å²) in [5, 5.41) is 0. The van der Waals surface area contributed by atoms with Crippen LogP contribution in [0, 0.1) is 0 Å². The van der Waals surface area contributed by atoms with Gasteiger partial charge in [0.2, 0.25) is 4.38 Å². The van der Waals surface area contributed by atoms with Crippen LogP contribution in [0.1, 0.15) is 19.8 Å². The van der Waals surface area contributed by atoms with Crippen LogP contribution in [0.5, 0.6) is 0 Å². The first-order valence-electron chi connectivity index (χ1n) is 4.24. The van der Waals surface area contributed by atoms with Crippen LogP contribution in [0.2, 0.25) is 0 Å². The highest BCUT2D eigenvalue weighted by Crippen LogP contribution is 2.22. The lowest BCUT2D eigenvalue weighted by Crippen LogP contribution is -2.12. The fraction of sp³-hybridized carbons (Fsp3) is 0.875. The van der Waals surface area contributed by atoms with Crippen molar-refractivity contribution in [2.24, 2.45) is 0 Å². The first kappa shape index (κ1) is 10.7. The Labute approximate surface area is 88.0 Å². The van der Waals surface area contributed by atoms with Crippen molar-refractivity contribution in [3.63, 3.8) is 0 Å². The summed E-state index contributed by atoms with van der Waals surface area (Å²) in [5.74, 6) is 3.42. The lowest BCUT2D eigenvalue weighted by Gasteiger charge is -2.07. The van der Waals surface area contributed by atoms with E-state index in [-0.39, 0.29) is 0 Å². The zero-order valence-corrected chi connectivity index (χ0v) is 9.70. The van der Waals surface area contributed by atoms with E-state index in [1.54, 1.807) is 11.8 Å². The third-order valence-electron chi connectivity index (χ3n) is 1.60. The summed E-state index contributed by atoms with van der Waals surface area (Å²) in [6, 6.07) is 0. The van der Waals surface area contributed by atoms with Gasteiger partial charge in [0.1, 0.15) is 6.10 Å². The fourth-order valence-electron chi connectivity index (χ4n) is 0.908. The summed E-state index contributed by atoms with van der Waals surface area (Å²) < 4.78 is 6.15. The lowest BCUT2D eigenvalue weighted by atomic mass is 10.4. The maximum absolute atomic E-state index is 5.42. The highest BCUT2D eigenvalue weighted by atomic mass is 32.2. The number of thiocarbonyl (C=S) groups is 1. The molecule has 0 aliphatic carbocycles. The van der Waals surface area contributed by atoms with Gasteiger partial charge in [0.05, 0.1) is 0 Å². The number of hydrogen-bond donors (Lipinski definition) is 0. The molecule has 0 radical (unpaired) electrons. The van der Waals surface area contributed by atoms with Crippen molar-refractivity contribution in [2.75, 3.05) is 17.3 Å². The summed E-state index contributed by atoms with van der Waals surface area (Å²) in [4.78, 5) is 0. The standard InChI is InChI=1S/C8H14OS3/c1-2-3-4-11-5-7-6-12-8(10)9-7/h7H,2-6H2,1H3. The molecule has 0 saturated carbocycles. The molecule has 1 atom stereocenters. The molecule has 0 bridgehead atoms. The van der Waals surface area contributed by atoms with Crippen molar-refractivity contribution in [1.82, 2.24) is 0 Å². The van der Waals surface area contributed by atoms with E-state index in [9.17, 15) is 0 Å². The zero-order valence-electron chi connectivity index (χ0n) is 7.25. The van der Waals surface area contributed by atoms with Crippen LogP contribution in [0.4, 0.5) is 0 Å². The number of unbranched alkanes of at least 4 members (excludes halogenated alkanes) is 1. The van der Waals surface area contributed by atoms with Crippen LogP contribution in [0.3, 0.4) is 0 Å². The summed E-state index contributed by atoms with van der Waals surface area (Å²) in [5.41, 5.74) is 0. The van der Waals surface area contributed by atoms with Gasteiger partial charge in [-0.05, 0) is 24.4 Å². The third kappa shape index (κ3) is 4.01. The maximum atomic E-state index is 5.42. The predicted molar refractivity (Wildman–Crippen MR) is 62.2 cm³/mol. The van der Waals surface area contributed by atoms with Crippen molar-refractivity contribution >= 4 is 40.1 Å². The molecule has 70 valence electrons. The highest BCUT2D eigenvalue weighted by molar-refractivity contribution is 8.22. The predicted octanol–water partition coefficient (Wildman–Crippen LogP) is 2.94. The third-order valence-corrected chi connectivity index (χ3v) is 4.10. The van der Waals surface area contributed by atoms with Gasteiger partial charge in [0.25, 0.3) is 0 Å². The molecule has 1 unspecified atom stereocenters. The molecule has 4 heteroatoms. The molecule has 1 saturated heterocycles. The van der Waals surface area contributed by atoms with E-state index in [2.05, 4.69) is 6.92 Å². The van der Waals surface area contributed by atoms with E-state index in [0.29, 0.717) is 6.10 Å². The topological polar surface area (TPSA) is 9.23 Å². The van der Waals surface area contributed by atoms with Gasteiger partial charge < -0.3 is 4.74 Å². The van der Waals surface area contributed by atoms with Gasteiger partial charge >= 0.3 is 0 Å². The molecule has 0 aromatic rings.